The Hall–Kier alpha value is -2.94. The quantitative estimate of drug-likeness (QED) is 0.724. The van der Waals surface area contributed by atoms with Crippen molar-refractivity contribution in [3.63, 3.8) is 0 Å². The van der Waals surface area contributed by atoms with Crippen molar-refractivity contribution >= 4 is 23.5 Å². The summed E-state index contributed by atoms with van der Waals surface area (Å²) in [6.07, 6.45) is -5.91. The molecular formula is C17H12ClF3O6. The second kappa shape index (κ2) is 7.75. The van der Waals surface area contributed by atoms with E-state index >= 15 is 0 Å². The van der Waals surface area contributed by atoms with Gasteiger partial charge in [0.15, 0.2) is 6.10 Å². The molecule has 2 aromatic carbocycles. The first-order valence-electron chi connectivity index (χ1n) is 7.30. The van der Waals surface area contributed by atoms with Gasteiger partial charge in [-0.05, 0) is 37.3 Å². The molecule has 0 saturated carbocycles. The van der Waals surface area contributed by atoms with E-state index in [4.69, 9.17) is 26.2 Å². The summed E-state index contributed by atoms with van der Waals surface area (Å²) in [4.78, 5) is 22.2. The third kappa shape index (κ3) is 5.04. The van der Waals surface area contributed by atoms with Crippen LogP contribution in [0.3, 0.4) is 0 Å². The Balaban J connectivity index is 2.30. The normalized spacial score (nSPS) is 12.3. The van der Waals surface area contributed by atoms with Crippen molar-refractivity contribution in [3.05, 3.63) is 52.5 Å². The first kappa shape index (κ1) is 20.4. The van der Waals surface area contributed by atoms with E-state index in [0.29, 0.717) is 0 Å². The van der Waals surface area contributed by atoms with E-state index in [1.54, 1.807) is 0 Å². The smallest absolute Gasteiger partial charge is 0.417 e. The first-order chi connectivity index (χ1) is 12.5. The number of benzene rings is 2. The van der Waals surface area contributed by atoms with Crippen LogP contribution in [0.2, 0.25) is 5.02 Å². The van der Waals surface area contributed by atoms with Gasteiger partial charge in [0.1, 0.15) is 22.8 Å². The van der Waals surface area contributed by atoms with E-state index in [2.05, 4.69) is 0 Å². The van der Waals surface area contributed by atoms with Crippen LogP contribution in [0.1, 0.15) is 22.8 Å². The minimum atomic E-state index is -4.62. The lowest BCUT2D eigenvalue weighted by atomic mass is 10.2. The minimum absolute atomic E-state index is 0.0152. The van der Waals surface area contributed by atoms with Crippen molar-refractivity contribution in [3.8, 4) is 17.2 Å². The summed E-state index contributed by atoms with van der Waals surface area (Å²) in [7, 11) is 0. The zero-order valence-corrected chi connectivity index (χ0v) is 14.3. The van der Waals surface area contributed by atoms with Gasteiger partial charge in [-0.25, -0.2) is 9.59 Å². The van der Waals surface area contributed by atoms with Gasteiger partial charge in [0.2, 0.25) is 0 Å². The zero-order chi connectivity index (χ0) is 20.4. The van der Waals surface area contributed by atoms with E-state index in [1.807, 2.05) is 0 Å². The van der Waals surface area contributed by atoms with E-state index in [0.717, 1.165) is 24.3 Å². The van der Waals surface area contributed by atoms with Crippen molar-refractivity contribution in [1.82, 2.24) is 0 Å². The Morgan fingerprint density at radius 2 is 1.67 bits per heavy atom. The van der Waals surface area contributed by atoms with Crippen molar-refractivity contribution < 1.29 is 42.4 Å². The fourth-order valence-corrected chi connectivity index (χ4v) is 2.29. The van der Waals surface area contributed by atoms with Crippen molar-refractivity contribution in [2.45, 2.75) is 19.2 Å². The Morgan fingerprint density at radius 1 is 1.07 bits per heavy atom. The topological polar surface area (TPSA) is 93.1 Å². The molecular weight excluding hydrogens is 393 g/mol. The maximum Gasteiger partial charge on any atom is 0.417 e. The monoisotopic (exact) mass is 404 g/mol. The number of halogens is 4. The maximum absolute atomic E-state index is 12.7. The molecule has 0 fully saturated rings. The van der Waals surface area contributed by atoms with Gasteiger partial charge in [0.25, 0.3) is 0 Å². The van der Waals surface area contributed by atoms with Crippen LogP contribution in [0.15, 0.2) is 36.4 Å². The molecule has 0 spiro atoms. The fraction of sp³-hybridized carbons (Fsp3) is 0.176. The third-order valence-electron chi connectivity index (χ3n) is 3.31. The van der Waals surface area contributed by atoms with Crippen LogP contribution < -0.4 is 9.47 Å². The Kier molecular flexibility index (Phi) is 5.85. The van der Waals surface area contributed by atoms with Crippen LogP contribution in [0, 0.1) is 0 Å². The third-order valence-corrected chi connectivity index (χ3v) is 3.63. The molecule has 0 radical (unpaired) electrons. The molecule has 0 saturated heterocycles. The highest BCUT2D eigenvalue weighted by Crippen LogP contribution is 2.37. The number of hydrogen-bond acceptors (Lipinski definition) is 4. The summed E-state index contributed by atoms with van der Waals surface area (Å²) >= 11 is 5.60. The van der Waals surface area contributed by atoms with Crippen molar-refractivity contribution in [1.29, 1.82) is 0 Å². The van der Waals surface area contributed by atoms with Gasteiger partial charge < -0.3 is 19.7 Å². The average molecular weight is 405 g/mol. The van der Waals surface area contributed by atoms with Gasteiger partial charge in [-0.2, -0.15) is 13.2 Å². The molecule has 0 aliphatic rings. The number of carboxylic acid groups (broad SMARTS) is 2. The number of rotatable bonds is 6. The number of carboxylic acids is 2. The van der Waals surface area contributed by atoms with Gasteiger partial charge >= 0.3 is 18.1 Å². The molecule has 0 heterocycles. The lowest BCUT2D eigenvalue weighted by molar-refractivity contribution is -0.144. The predicted octanol–water partition coefficient (Wildman–Crippen LogP) is 4.70. The van der Waals surface area contributed by atoms with Crippen LogP contribution in [-0.4, -0.2) is 28.3 Å². The predicted molar refractivity (Wildman–Crippen MR) is 87.7 cm³/mol. The Morgan fingerprint density at radius 3 is 2.19 bits per heavy atom. The summed E-state index contributed by atoms with van der Waals surface area (Å²) in [5.41, 5.74) is -1.41. The van der Waals surface area contributed by atoms with E-state index in [-0.39, 0.29) is 22.8 Å². The maximum atomic E-state index is 12.7. The standard InChI is InChI=1S/C17H12ClF3O6/c1-8(15(22)23)26-14-5-3-9(6-11(14)16(24)25)27-10-2-4-12(13(18)7-10)17(19,20)21/h2-8H,1H3,(H,22,23)(H,24,25). The lowest BCUT2D eigenvalue weighted by Crippen LogP contribution is -2.23. The van der Waals surface area contributed by atoms with Crippen molar-refractivity contribution in [2.24, 2.45) is 0 Å². The van der Waals surface area contributed by atoms with Crippen LogP contribution >= 0.6 is 11.6 Å². The van der Waals surface area contributed by atoms with E-state index in [1.165, 1.54) is 19.1 Å². The van der Waals surface area contributed by atoms with Crippen molar-refractivity contribution in [2.75, 3.05) is 0 Å². The molecule has 1 unspecified atom stereocenters. The average Bonchev–Trinajstić information content (AvgIpc) is 2.54. The number of aromatic carboxylic acids is 1. The molecule has 144 valence electrons. The van der Waals surface area contributed by atoms with Crippen LogP contribution in [0.25, 0.3) is 0 Å². The summed E-state index contributed by atoms with van der Waals surface area (Å²) < 4.78 is 48.5. The summed E-state index contributed by atoms with van der Waals surface area (Å²) in [6, 6.07) is 6.24. The second-order valence-corrected chi connectivity index (χ2v) is 5.71. The Bertz CT molecular complexity index is 881. The highest BCUT2D eigenvalue weighted by atomic mass is 35.5. The highest BCUT2D eigenvalue weighted by Gasteiger charge is 2.33. The molecule has 27 heavy (non-hydrogen) atoms. The first-order valence-corrected chi connectivity index (χ1v) is 7.68. The molecule has 2 aromatic rings. The molecule has 0 aliphatic heterocycles. The van der Waals surface area contributed by atoms with E-state index in [9.17, 15) is 27.9 Å². The largest absolute Gasteiger partial charge is 0.479 e. The number of carbonyl (C=O) groups is 2. The molecule has 1 atom stereocenters. The van der Waals surface area contributed by atoms with Crippen LogP contribution in [0.4, 0.5) is 13.2 Å². The molecule has 0 aromatic heterocycles. The van der Waals surface area contributed by atoms with Gasteiger partial charge in [-0.1, -0.05) is 11.6 Å². The second-order valence-electron chi connectivity index (χ2n) is 5.30. The highest BCUT2D eigenvalue weighted by molar-refractivity contribution is 6.31. The van der Waals surface area contributed by atoms with Crippen LogP contribution in [0.5, 0.6) is 17.2 Å². The summed E-state index contributed by atoms with van der Waals surface area (Å²) in [6.45, 7) is 1.22. The van der Waals surface area contributed by atoms with E-state index < -0.39 is 34.8 Å². The SMILES string of the molecule is CC(Oc1ccc(Oc2ccc(C(F)(F)F)c(Cl)c2)cc1C(=O)O)C(=O)O. The number of alkyl halides is 3. The molecule has 0 amide bonds. The summed E-state index contributed by atoms with van der Waals surface area (Å²) in [5.74, 6) is -2.95. The molecule has 2 N–H and O–H groups in total. The molecule has 6 nitrogen and oxygen atoms in total. The lowest BCUT2D eigenvalue weighted by Gasteiger charge is -2.14. The van der Waals surface area contributed by atoms with Crippen LogP contribution in [-0.2, 0) is 11.0 Å². The number of hydrogen-bond donors (Lipinski definition) is 2. The fourth-order valence-electron chi connectivity index (χ4n) is 2.01. The Labute approximate surface area is 155 Å². The van der Waals surface area contributed by atoms with Gasteiger partial charge in [-0.3, -0.25) is 0 Å². The zero-order valence-electron chi connectivity index (χ0n) is 13.6. The van der Waals surface area contributed by atoms with Gasteiger partial charge in [0.05, 0.1) is 10.6 Å². The number of ether oxygens (including phenoxy) is 2. The van der Waals surface area contributed by atoms with Gasteiger partial charge in [-0.15, -0.1) is 0 Å². The molecule has 10 heteroatoms. The van der Waals surface area contributed by atoms with Gasteiger partial charge in [0, 0.05) is 6.07 Å². The summed E-state index contributed by atoms with van der Waals surface area (Å²) in [5, 5.41) is 17.5. The minimum Gasteiger partial charge on any atom is -0.479 e. The number of aliphatic carboxylic acids is 1. The molecule has 2 rings (SSSR count). The molecule has 0 aliphatic carbocycles. The molecule has 0 bridgehead atoms.